The highest BCUT2D eigenvalue weighted by atomic mass is 16.2. The second-order valence-electron chi connectivity index (χ2n) is 4.70. The van der Waals surface area contributed by atoms with Crippen molar-refractivity contribution in [2.24, 2.45) is 5.41 Å². The van der Waals surface area contributed by atoms with Crippen molar-refractivity contribution < 1.29 is 4.79 Å². The summed E-state index contributed by atoms with van der Waals surface area (Å²) in [6.07, 6.45) is 5.03. The molecule has 1 amide bonds. The first-order chi connectivity index (χ1) is 7.97. The smallest absolute Gasteiger partial charge is 0.226 e. The lowest BCUT2D eigenvalue weighted by Crippen LogP contribution is -2.42. The zero-order valence-corrected chi connectivity index (χ0v) is 10.8. The summed E-state index contributed by atoms with van der Waals surface area (Å²) in [7, 11) is 1.65. The van der Waals surface area contributed by atoms with E-state index in [1.165, 1.54) is 0 Å². The van der Waals surface area contributed by atoms with Gasteiger partial charge in [0.25, 0.3) is 0 Å². The summed E-state index contributed by atoms with van der Waals surface area (Å²) in [5.74, 6) is 0.0244. The maximum Gasteiger partial charge on any atom is 0.226 e. The van der Waals surface area contributed by atoms with Crippen LogP contribution in [0.2, 0.25) is 0 Å². The number of amides is 1. The quantitative estimate of drug-likeness (QED) is 0.797. The van der Waals surface area contributed by atoms with Crippen LogP contribution in [0, 0.1) is 5.41 Å². The number of nitrogens with one attached hydrogen (secondary N) is 2. The molecule has 0 bridgehead atoms. The standard InChI is InChI=1S/C12H20N4O/c1-9(10-7-14-5-6-15-10)16-8-12(2,3)11(17)13-4/h5-7,9,16H,8H2,1-4H3,(H,13,17). The molecule has 1 aromatic heterocycles. The largest absolute Gasteiger partial charge is 0.359 e. The normalized spacial score (nSPS) is 13.2. The maximum absolute atomic E-state index is 11.6. The van der Waals surface area contributed by atoms with Crippen LogP contribution in [-0.2, 0) is 4.79 Å². The first kappa shape index (κ1) is 13.6. The Balaban J connectivity index is 2.54. The van der Waals surface area contributed by atoms with Crippen LogP contribution >= 0.6 is 0 Å². The molecule has 0 aliphatic rings. The number of rotatable bonds is 5. The Hall–Kier alpha value is -1.49. The van der Waals surface area contributed by atoms with Gasteiger partial charge in [0.2, 0.25) is 5.91 Å². The number of carbonyl (C=O) groups excluding carboxylic acids is 1. The first-order valence-corrected chi connectivity index (χ1v) is 5.69. The second kappa shape index (κ2) is 5.72. The fourth-order valence-corrected chi connectivity index (χ4v) is 1.47. The molecule has 0 radical (unpaired) electrons. The van der Waals surface area contributed by atoms with Gasteiger partial charge < -0.3 is 10.6 Å². The highest BCUT2D eigenvalue weighted by Crippen LogP contribution is 2.16. The van der Waals surface area contributed by atoms with Gasteiger partial charge in [-0.1, -0.05) is 0 Å². The molecule has 1 rings (SSSR count). The van der Waals surface area contributed by atoms with Gasteiger partial charge in [-0.25, -0.2) is 0 Å². The average Bonchev–Trinajstić information content (AvgIpc) is 2.36. The monoisotopic (exact) mass is 236 g/mol. The molecular formula is C12H20N4O. The first-order valence-electron chi connectivity index (χ1n) is 5.69. The third kappa shape index (κ3) is 3.78. The Morgan fingerprint density at radius 3 is 2.71 bits per heavy atom. The van der Waals surface area contributed by atoms with Crippen molar-refractivity contribution in [3.8, 4) is 0 Å². The number of hydrogen-bond donors (Lipinski definition) is 2. The zero-order valence-electron chi connectivity index (χ0n) is 10.8. The molecule has 17 heavy (non-hydrogen) atoms. The lowest BCUT2D eigenvalue weighted by atomic mass is 9.92. The van der Waals surface area contributed by atoms with Gasteiger partial charge in [-0.2, -0.15) is 0 Å². The minimum atomic E-state index is -0.439. The lowest BCUT2D eigenvalue weighted by Gasteiger charge is -2.25. The molecule has 1 atom stereocenters. The van der Waals surface area contributed by atoms with Gasteiger partial charge in [-0.05, 0) is 20.8 Å². The molecule has 0 spiro atoms. The summed E-state index contributed by atoms with van der Waals surface area (Å²) in [4.78, 5) is 19.8. The van der Waals surface area contributed by atoms with Crippen LogP contribution in [0.3, 0.4) is 0 Å². The van der Waals surface area contributed by atoms with E-state index < -0.39 is 5.41 Å². The summed E-state index contributed by atoms with van der Waals surface area (Å²) < 4.78 is 0. The third-order valence-corrected chi connectivity index (χ3v) is 2.72. The molecule has 94 valence electrons. The SMILES string of the molecule is CNC(=O)C(C)(C)CNC(C)c1cnccn1. The predicted octanol–water partition coefficient (Wildman–Crippen LogP) is 0.899. The van der Waals surface area contributed by atoms with Crippen LogP contribution in [0.1, 0.15) is 32.5 Å². The van der Waals surface area contributed by atoms with Gasteiger partial charge in [0.15, 0.2) is 0 Å². The van der Waals surface area contributed by atoms with Crippen LogP contribution in [-0.4, -0.2) is 29.5 Å². The van der Waals surface area contributed by atoms with E-state index in [2.05, 4.69) is 20.6 Å². The van der Waals surface area contributed by atoms with Crippen LogP contribution in [0.25, 0.3) is 0 Å². The summed E-state index contributed by atoms with van der Waals surface area (Å²) >= 11 is 0. The summed E-state index contributed by atoms with van der Waals surface area (Å²) in [6, 6.07) is 0.0765. The molecule has 0 saturated carbocycles. The molecule has 1 aromatic rings. The van der Waals surface area contributed by atoms with Crippen LogP contribution < -0.4 is 10.6 Å². The van der Waals surface area contributed by atoms with Gasteiger partial charge in [0.05, 0.1) is 11.1 Å². The van der Waals surface area contributed by atoms with Crippen LogP contribution in [0.4, 0.5) is 0 Å². The fraction of sp³-hybridized carbons (Fsp3) is 0.583. The van der Waals surface area contributed by atoms with Crippen molar-refractivity contribution in [1.82, 2.24) is 20.6 Å². The van der Waals surface area contributed by atoms with E-state index in [-0.39, 0.29) is 11.9 Å². The van der Waals surface area contributed by atoms with E-state index in [1.54, 1.807) is 25.6 Å². The molecule has 5 heteroatoms. The van der Waals surface area contributed by atoms with Gasteiger partial charge in [0.1, 0.15) is 0 Å². The molecule has 0 aromatic carbocycles. The second-order valence-corrected chi connectivity index (χ2v) is 4.70. The van der Waals surface area contributed by atoms with Gasteiger partial charge in [-0.15, -0.1) is 0 Å². The summed E-state index contributed by atoms with van der Waals surface area (Å²) in [5.41, 5.74) is 0.436. The topological polar surface area (TPSA) is 66.9 Å². The van der Waals surface area contributed by atoms with E-state index in [9.17, 15) is 4.79 Å². The van der Waals surface area contributed by atoms with Crippen LogP contribution in [0.15, 0.2) is 18.6 Å². The molecule has 1 heterocycles. The highest BCUT2D eigenvalue weighted by molar-refractivity contribution is 5.81. The van der Waals surface area contributed by atoms with E-state index in [0.29, 0.717) is 6.54 Å². The molecular weight excluding hydrogens is 216 g/mol. The molecule has 0 saturated heterocycles. The Morgan fingerprint density at radius 1 is 1.47 bits per heavy atom. The van der Waals surface area contributed by atoms with E-state index in [0.717, 1.165) is 5.69 Å². The minimum Gasteiger partial charge on any atom is -0.359 e. The van der Waals surface area contributed by atoms with Gasteiger partial charge in [0, 0.05) is 38.2 Å². The van der Waals surface area contributed by atoms with Crippen molar-refractivity contribution in [1.29, 1.82) is 0 Å². The van der Waals surface area contributed by atoms with E-state index >= 15 is 0 Å². The predicted molar refractivity (Wildman–Crippen MR) is 66.3 cm³/mol. The average molecular weight is 236 g/mol. The molecule has 5 nitrogen and oxygen atoms in total. The molecule has 0 fully saturated rings. The lowest BCUT2D eigenvalue weighted by molar-refractivity contribution is -0.128. The molecule has 0 aliphatic carbocycles. The van der Waals surface area contributed by atoms with Gasteiger partial charge >= 0.3 is 0 Å². The Morgan fingerprint density at radius 2 is 2.18 bits per heavy atom. The van der Waals surface area contributed by atoms with Crippen molar-refractivity contribution in [2.45, 2.75) is 26.8 Å². The molecule has 0 aliphatic heterocycles. The Kier molecular flexibility index (Phi) is 4.57. The fourth-order valence-electron chi connectivity index (χ4n) is 1.47. The molecule has 2 N–H and O–H groups in total. The van der Waals surface area contributed by atoms with Crippen molar-refractivity contribution in [3.63, 3.8) is 0 Å². The van der Waals surface area contributed by atoms with Crippen molar-refractivity contribution in [3.05, 3.63) is 24.3 Å². The van der Waals surface area contributed by atoms with Crippen LogP contribution in [0.5, 0.6) is 0 Å². The van der Waals surface area contributed by atoms with E-state index in [4.69, 9.17) is 0 Å². The summed E-state index contributed by atoms with van der Waals surface area (Å²) in [6.45, 7) is 6.40. The summed E-state index contributed by atoms with van der Waals surface area (Å²) in [5, 5.41) is 5.95. The maximum atomic E-state index is 11.6. The minimum absolute atomic E-state index is 0.0244. The Labute approximate surface area is 102 Å². The Bertz CT molecular complexity index is 364. The number of carbonyl (C=O) groups is 1. The highest BCUT2D eigenvalue weighted by Gasteiger charge is 2.26. The van der Waals surface area contributed by atoms with E-state index in [1.807, 2.05) is 20.8 Å². The molecule has 1 unspecified atom stereocenters. The number of nitrogens with zero attached hydrogens (tertiary/aromatic N) is 2. The third-order valence-electron chi connectivity index (χ3n) is 2.72. The zero-order chi connectivity index (χ0) is 12.9. The number of aromatic nitrogens is 2. The van der Waals surface area contributed by atoms with Crippen molar-refractivity contribution >= 4 is 5.91 Å². The number of hydrogen-bond acceptors (Lipinski definition) is 4. The van der Waals surface area contributed by atoms with Crippen molar-refractivity contribution in [2.75, 3.05) is 13.6 Å². The van der Waals surface area contributed by atoms with Gasteiger partial charge in [-0.3, -0.25) is 14.8 Å².